The van der Waals surface area contributed by atoms with Crippen LogP contribution < -0.4 is 4.90 Å². The van der Waals surface area contributed by atoms with Crippen LogP contribution in [0.5, 0.6) is 0 Å². The quantitative estimate of drug-likeness (QED) is 0.622. The summed E-state index contributed by atoms with van der Waals surface area (Å²) in [5.74, 6) is 0. The van der Waals surface area contributed by atoms with Gasteiger partial charge >= 0.3 is 0 Å². The Morgan fingerprint density at radius 2 is 1.81 bits per heavy atom. The number of rotatable bonds is 0. The van der Waals surface area contributed by atoms with Crippen LogP contribution in [0.2, 0.25) is 0 Å². The van der Waals surface area contributed by atoms with Gasteiger partial charge in [-0.2, -0.15) is 0 Å². The lowest BCUT2D eigenvalue weighted by atomic mass is 9.85. The lowest BCUT2D eigenvalue weighted by Crippen LogP contribution is -2.21. The number of aldehydes is 1. The van der Waals surface area contributed by atoms with Gasteiger partial charge in [-0.1, -0.05) is 38.6 Å². The summed E-state index contributed by atoms with van der Waals surface area (Å²) in [4.78, 5) is 11.0. The van der Waals surface area contributed by atoms with Crippen LogP contribution in [0.3, 0.4) is 0 Å². The van der Waals surface area contributed by atoms with Crippen LogP contribution in [0.4, 0.5) is 5.69 Å². The van der Waals surface area contributed by atoms with Crippen molar-refractivity contribution in [1.82, 2.24) is 0 Å². The molecule has 0 unspecified atom stereocenters. The van der Waals surface area contributed by atoms with E-state index < -0.39 is 0 Å². The molecular weight excluding hydrogens is 198 g/mol. The Labute approximate surface area is 97.6 Å². The van der Waals surface area contributed by atoms with E-state index in [-0.39, 0.29) is 5.41 Å². The first-order valence-electron chi connectivity index (χ1n) is 5.39. The number of carbonyl (C=O) groups excluding carboxylic acids is 1. The van der Waals surface area contributed by atoms with Gasteiger partial charge in [-0.25, -0.2) is 0 Å². The second kappa shape index (κ2) is 4.52. The van der Waals surface area contributed by atoms with E-state index in [9.17, 15) is 0 Å². The van der Waals surface area contributed by atoms with E-state index in [0.717, 1.165) is 6.29 Å². The minimum atomic E-state index is 0.0886. The Bertz CT molecular complexity index is 407. The first-order chi connectivity index (χ1) is 7.46. The molecule has 0 radical (unpaired) electrons. The van der Waals surface area contributed by atoms with Gasteiger partial charge in [0.15, 0.2) is 0 Å². The zero-order chi connectivity index (χ0) is 12.3. The molecule has 1 aromatic carbocycles. The Morgan fingerprint density at radius 1 is 1.31 bits per heavy atom. The number of allylic oxidation sites excluding steroid dienone is 1. The summed E-state index contributed by atoms with van der Waals surface area (Å²) in [5.41, 5.74) is 3.93. The molecule has 2 rings (SSSR count). The standard InChI is InChI=1S/C12H15N.C2H4O/c1-9-12(2,3)10-7-5-6-8-11(10)13(9)4;1-2-3/h5-8H,1H2,2-4H3;2H,1H3. The fraction of sp³-hybridized carbons (Fsp3) is 0.357. The summed E-state index contributed by atoms with van der Waals surface area (Å²) < 4.78 is 0. The number of benzene rings is 1. The van der Waals surface area contributed by atoms with Crippen molar-refractivity contribution >= 4 is 12.0 Å². The highest BCUT2D eigenvalue weighted by Gasteiger charge is 2.36. The number of nitrogens with zero attached hydrogens (tertiary/aromatic N) is 1. The molecule has 0 N–H and O–H groups in total. The fourth-order valence-corrected chi connectivity index (χ4v) is 2.01. The molecule has 0 saturated heterocycles. The van der Waals surface area contributed by atoms with Crippen LogP contribution in [0.15, 0.2) is 36.5 Å². The highest BCUT2D eigenvalue weighted by atomic mass is 16.1. The highest BCUT2D eigenvalue weighted by molar-refractivity contribution is 5.69. The molecule has 0 fully saturated rings. The Balaban J connectivity index is 0.000000386. The van der Waals surface area contributed by atoms with Crippen molar-refractivity contribution in [3.05, 3.63) is 42.1 Å². The maximum atomic E-state index is 8.81. The van der Waals surface area contributed by atoms with Crippen molar-refractivity contribution in [2.24, 2.45) is 0 Å². The van der Waals surface area contributed by atoms with E-state index >= 15 is 0 Å². The average Bonchev–Trinajstić information content (AvgIpc) is 2.43. The number of carbonyl (C=O) groups is 1. The molecule has 0 amide bonds. The third kappa shape index (κ3) is 1.87. The van der Waals surface area contributed by atoms with Gasteiger partial charge < -0.3 is 9.69 Å². The Morgan fingerprint density at radius 3 is 2.31 bits per heavy atom. The molecule has 1 heterocycles. The van der Waals surface area contributed by atoms with E-state index in [1.807, 2.05) is 0 Å². The molecule has 0 atom stereocenters. The van der Waals surface area contributed by atoms with Gasteiger partial charge in [0.2, 0.25) is 0 Å². The van der Waals surface area contributed by atoms with Crippen molar-refractivity contribution in [1.29, 1.82) is 0 Å². The van der Waals surface area contributed by atoms with Crippen LogP contribution in [0.1, 0.15) is 26.3 Å². The molecule has 1 aliphatic heterocycles. The van der Waals surface area contributed by atoms with Crippen molar-refractivity contribution in [2.75, 3.05) is 11.9 Å². The van der Waals surface area contributed by atoms with Gasteiger partial charge in [0, 0.05) is 23.8 Å². The fourth-order valence-electron chi connectivity index (χ4n) is 2.01. The van der Waals surface area contributed by atoms with Crippen LogP contribution in [0.25, 0.3) is 0 Å². The lowest BCUT2D eigenvalue weighted by Gasteiger charge is -2.22. The normalized spacial score (nSPS) is 16.2. The number of anilines is 1. The van der Waals surface area contributed by atoms with Crippen LogP contribution in [-0.4, -0.2) is 13.3 Å². The van der Waals surface area contributed by atoms with Gasteiger partial charge in [0.05, 0.1) is 0 Å². The Kier molecular flexibility index (Phi) is 3.53. The monoisotopic (exact) mass is 217 g/mol. The topological polar surface area (TPSA) is 20.3 Å². The molecule has 0 spiro atoms. The van der Waals surface area contributed by atoms with E-state index in [1.54, 1.807) is 0 Å². The number of fused-ring (bicyclic) bond motifs is 1. The molecule has 16 heavy (non-hydrogen) atoms. The summed E-state index contributed by atoms with van der Waals surface area (Å²) in [7, 11) is 2.08. The van der Waals surface area contributed by atoms with E-state index in [1.165, 1.54) is 23.9 Å². The third-order valence-electron chi connectivity index (χ3n) is 3.07. The SMILES string of the molecule is C=C1N(C)c2ccccc2C1(C)C.CC=O. The number of hydrogen-bond donors (Lipinski definition) is 0. The zero-order valence-electron chi connectivity index (χ0n) is 10.4. The third-order valence-corrected chi connectivity index (χ3v) is 3.07. The smallest absolute Gasteiger partial charge is 0.116 e. The average molecular weight is 217 g/mol. The molecule has 0 aliphatic carbocycles. The van der Waals surface area contributed by atoms with E-state index in [4.69, 9.17) is 4.79 Å². The van der Waals surface area contributed by atoms with Crippen molar-refractivity contribution in [2.45, 2.75) is 26.2 Å². The number of likely N-dealkylation sites (N-methyl/N-ethyl adjacent to an activating group) is 1. The minimum Gasteiger partial charge on any atom is -0.348 e. The molecule has 2 nitrogen and oxygen atoms in total. The van der Waals surface area contributed by atoms with Gasteiger partial charge in [0.25, 0.3) is 0 Å². The van der Waals surface area contributed by atoms with Gasteiger partial charge in [-0.15, -0.1) is 0 Å². The largest absolute Gasteiger partial charge is 0.348 e. The zero-order valence-corrected chi connectivity index (χ0v) is 10.4. The lowest BCUT2D eigenvalue weighted by molar-refractivity contribution is -0.106. The molecule has 0 saturated carbocycles. The first-order valence-corrected chi connectivity index (χ1v) is 5.39. The van der Waals surface area contributed by atoms with Crippen LogP contribution in [-0.2, 0) is 10.2 Å². The van der Waals surface area contributed by atoms with E-state index in [0.29, 0.717) is 0 Å². The van der Waals surface area contributed by atoms with Crippen molar-refractivity contribution < 1.29 is 4.79 Å². The molecule has 86 valence electrons. The van der Waals surface area contributed by atoms with Crippen LogP contribution >= 0.6 is 0 Å². The van der Waals surface area contributed by atoms with Gasteiger partial charge in [-0.3, -0.25) is 0 Å². The predicted molar refractivity (Wildman–Crippen MR) is 68.7 cm³/mol. The van der Waals surface area contributed by atoms with Crippen LogP contribution in [0, 0.1) is 0 Å². The molecule has 1 aromatic rings. The maximum Gasteiger partial charge on any atom is 0.116 e. The molecule has 0 aromatic heterocycles. The van der Waals surface area contributed by atoms with Crippen molar-refractivity contribution in [3.8, 4) is 0 Å². The predicted octanol–water partition coefficient (Wildman–Crippen LogP) is 3.13. The molecule has 0 bridgehead atoms. The summed E-state index contributed by atoms with van der Waals surface area (Å²) in [5, 5.41) is 0. The summed E-state index contributed by atoms with van der Waals surface area (Å²) in [6.07, 6.45) is 0.750. The highest BCUT2D eigenvalue weighted by Crippen LogP contribution is 2.45. The summed E-state index contributed by atoms with van der Waals surface area (Å²) in [6, 6.07) is 8.50. The molecule has 2 heteroatoms. The number of para-hydroxylation sites is 1. The Hall–Kier alpha value is -1.57. The molecule has 1 aliphatic rings. The van der Waals surface area contributed by atoms with Gasteiger partial charge in [-0.05, 0) is 18.6 Å². The summed E-state index contributed by atoms with van der Waals surface area (Å²) in [6.45, 7) is 10.0. The van der Waals surface area contributed by atoms with Crippen molar-refractivity contribution in [3.63, 3.8) is 0 Å². The maximum absolute atomic E-state index is 8.81. The number of hydrogen-bond acceptors (Lipinski definition) is 2. The second-order valence-corrected chi connectivity index (χ2v) is 4.38. The summed E-state index contributed by atoms with van der Waals surface area (Å²) >= 11 is 0. The van der Waals surface area contributed by atoms with E-state index in [2.05, 4.69) is 56.6 Å². The second-order valence-electron chi connectivity index (χ2n) is 4.38. The molecular formula is C14H19NO. The minimum absolute atomic E-state index is 0.0886. The van der Waals surface area contributed by atoms with Gasteiger partial charge in [0.1, 0.15) is 6.29 Å². The first kappa shape index (κ1) is 12.5.